The van der Waals surface area contributed by atoms with Gasteiger partial charge in [-0.15, -0.1) is 11.3 Å². The Balaban J connectivity index is 1.71. The fraction of sp³-hybridized carbons (Fsp3) is 0.333. The van der Waals surface area contributed by atoms with Gasteiger partial charge in [-0.1, -0.05) is 18.2 Å². The normalized spacial score (nSPS) is 13.3. The standard InChI is InChI=1S/C18H19N3OS/c1-11-20-17(19-10-12-6-3-4-8-14(12)22-2)16-13-7-5-9-15(13)23-18(16)21-11/h3-4,6,8H,5,7,9-10H2,1-2H3,(H,19,20,21). The molecular formula is C18H19N3OS. The van der Waals surface area contributed by atoms with E-state index in [2.05, 4.69) is 21.4 Å². The summed E-state index contributed by atoms with van der Waals surface area (Å²) in [5.74, 6) is 2.68. The molecule has 0 atom stereocenters. The van der Waals surface area contributed by atoms with E-state index in [0.29, 0.717) is 6.54 Å². The van der Waals surface area contributed by atoms with Gasteiger partial charge in [-0.2, -0.15) is 0 Å². The largest absolute Gasteiger partial charge is 0.496 e. The fourth-order valence-corrected chi connectivity index (χ4v) is 4.57. The van der Waals surface area contributed by atoms with E-state index >= 15 is 0 Å². The number of thiophene rings is 1. The maximum atomic E-state index is 5.43. The van der Waals surface area contributed by atoms with Gasteiger partial charge >= 0.3 is 0 Å². The highest BCUT2D eigenvalue weighted by atomic mass is 32.1. The van der Waals surface area contributed by atoms with Crippen molar-refractivity contribution in [3.63, 3.8) is 0 Å². The van der Waals surface area contributed by atoms with Gasteiger partial charge in [0.05, 0.1) is 12.5 Å². The molecule has 0 spiro atoms. The Kier molecular flexibility index (Phi) is 3.65. The fourth-order valence-electron chi connectivity index (χ4n) is 3.26. The highest BCUT2D eigenvalue weighted by molar-refractivity contribution is 7.19. The van der Waals surface area contributed by atoms with Crippen LogP contribution in [0.3, 0.4) is 0 Å². The number of hydrogen-bond donors (Lipinski definition) is 1. The molecule has 1 aliphatic carbocycles. The third-order valence-corrected chi connectivity index (χ3v) is 5.50. The van der Waals surface area contributed by atoms with Crippen molar-refractivity contribution in [3.05, 3.63) is 46.1 Å². The SMILES string of the molecule is COc1ccccc1CNc1nc(C)nc2sc3c(c12)CCC3. The van der Waals surface area contributed by atoms with Crippen molar-refractivity contribution >= 4 is 27.4 Å². The van der Waals surface area contributed by atoms with Crippen LogP contribution in [0.2, 0.25) is 0 Å². The van der Waals surface area contributed by atoms with Crippen LogP contribution in [0.1, 0.15) is 28.2 Å². The van der Waals surface area contributed by atoms with Crippen LogP contribution >= 0.6 is 11.3 Å². The summed E-state index contributed by atoms with van der Waals surface area (Å²) < 4.78 is 5.43. The molecule has 0 radical (unpaired) electrons. The molecule has 2 heterocycles. The van der Waals surface area contributed by atoms with Crippen LogP contribution < -0.4 is 10.1 Å². The lowest BCUT2D eigenvalue weighted by molar-refractivity contribution is 0.410. The van der Waals surface area contributed by atoms with Crippen molar-refractivity contribution in [2.45, 2.75) is 32.7 Å². The van der Waals surface area contributed by atoms with E-state index in [1.54, 1.807) is 7.11 Å². The predicted octanol–water partition coefficient (Wildman–Crippen LogP) is 4.11. The molecule has 118 valence electrons. The van der Waals surface area contributed by atoms with E-state index in [4.69, 9.17) is 4.74 Å². The minimum Gasteiger partial charge on any atom is -0.496 e. The van der Waals surface area contributed by atoms with Crippen molar-refractivity contribution in [1.29, 1.82) is 0 Å². The van der Waals surface area contributed by atoms with Gasteiger partial charge in [0, 0.05) is 17.0 Å². The number of nitrogens with one attached hydrogen (secondary N) is 1. The monoisotopic (exact) mass is 325 g/mol. The molecule has 23 heavy (non-hydrogen) atoms. The number of fused-ring (bicyclic) bond motifs is 3. The summed E-state index contributed by atoms with van der Waals surface area (Å²) in [6.45, 7) is 2.65. The summed E-state index contributed by atoms with van der Waals surface area (Å²) in [7, 11) is 1.71. The van der Waals surface area contributed by atoms with Crippen molar-refractivity contribution in [2.24, 2.45) is 0 Å². The maximum absolute atomic E-state index is 5.43. The molecule has 0 saturated heterocycles. The first-order chi connectivity index (χ1) is 11.3. The van der Waals surface area contributed by atoms with E-state index in [0.717, 1.165) is 34.2 Å². The Morgan fingerprint density at radius 1 is 1.22 bits per heavy atom. The third kappa shape index (κ3) is 2.55. The second-order valence-electron chi connectivity index (χ2n) is 5.82. The molecule has 3 aromatic rings. The number of hydrogen-bond acceptors (Lipinski definition) is 5. The zero-order valence-corrected chi connectivity index (χ0v) is 14.2. The number of benzene rings is 1. The lowest BCUT2D eigenvalue weighted by Crippen LogP contribution is -2.05. The number of methoxy groups -OCH3 is 1. The minimum absolute atomic E-state index is 0.695. The second kappa shape index (κ2) is 5.81. The summed E-state index contributed by atoms with van der Waals surface area (Å²) in [5, 5.41) is 4.74. The van der Waals surface area contributed by atoms with Crippen LogP contribution in [0, 0.1) is 6.92 Å². The van der Waals surface area contributed by atoms with Crippen LogP contribution in [0.15, 0.2) is 24.3 Å². The van der Waals surface area contributed by atoms with Gasteiger partial charge < -0.3 is 10.1 Å². The molecule has 1 aliphatic rings. The molecule has 0 bridgehead atoms. The van der Waals surface area contributed by atoms with Crippen LogP contribution in [-0.4, -0.2) is 17.1 Å². The molecule has 0 unspecified atom stereocenters. The first-order valence-electron chi connectivity index (χ1n) is 7.91. The number of anilines is 1. The maximum Gasteiger partial charge on any atom is 0.139 e. The van der Waals surface area contributed by atoms with E-state index in [1.165, 1.54) is 28.7 Å². The molecule has 5 heteroatoms. The van der Waals surface area contributed by atoms with Gasteiger partial charge in [-0.3, -0.25) is 0 Å². The minimum atomic E-state index is 0.695. The molecule has 0 amide bonds. The first kappa shape index (κ1) is 14.5. The average Bonchev–Trinajstić information content (AvgIpc) is 3.13. The molecule has 0 saturated carbocycles. The number of aromatic nitrogens is 2. The summed E-state index contributed by atoms with van der Waals surface area (Å²) >= 11 is 1.83. The molecule has 1 aromatic carbocycles. The van der Waals surface area contributed by atoms with Gasteiger partial charge in [0.15, 0.2) is 0 Å². The van der Waals surface area contributed by atoms with Gasteiger partial charge in [0.2, 0.25) is 0 Å². The summed E-state index contributed by atoms with van der Waals surface area (Å²) in [6, 6.07) is 8.08. The molecular weight excluding hydrogens is 306 g/mol. The summed E-state index contributed by atoms with van der Waals surface area (Å²) in [4.78, 5) is 11.9. The Hall–Kier alpha value is -2.14. The second-order valence-corrected chi connectivity index (χ2v) is 6.91. The average molecular weight is 325 g/mol. The zero-order chi connectivity index (χ0) is 15.8. The van der Waals surface area contributed by atoms with Gasteiger partial charge in [0.25, 0.3) is 0 Å². The number of para-hydroxylation sites is 1. The lowest BCUT2D eigenvalue weighted by Gasteiger charge is -2.11. The molecule has 1 N–H and O–H groups in total. The summed E-state index contributed by atoms with van der Waals surface area (Å²) in [5.41, 5.74) is 2.58. The van der Waals surface area contributed by atoms with Gasteiger partial charge in [0.1, 0.15) is 22.2 Å². The van der Waals surface area contributed by atoms with Crippen molar-refractivity contribution < 1.29 is 4.74 Å². The van der Waals surface area contributed by atoms with Gasteiger partial charge in [-0.25, -0.2) is 9.97 Å². The molecule has 0 aliphatic heterocycles. The molecule has 4 nitrogen and oxygen atoms in total. The van der Waals surface area contributed by atoms with Crippen LogP contribution in [0.25, 0.3) is 10.2 Å². The quantitative estimate of drug-likeness (QED) is 0.784. The summed E-state index contributed by atoms with van der Waals surface area (Å²) in [6.07, 6.45) is 3.57. The van der Waals surface area contributed by atoms with Crippen LogP contribution in [0.5, 0.6) is 5.75 Å². The van der Waals surface area contributed by atoms with Crippen molar-refractivity contribution in [1.82, 2.24) is 9.97 Å². The number of nitrogens with zero attached hydrogens (tertiary/aromatic N) is 2. The smallest absolute Gasteiger partial charge is 0.139 e. The number of aryl methyl sites for hydroxylation is 3. The molecule has 2 aromatic heterocycles. The van der Waals surface area contributed by atoms with Crippen LogP contribution in [0.4, 0.5) is 5.82 Å². The molecule has 4 rings (SSSR count). The van der Waals surface area contributed by atoms with E-state index in [1.807, 2.05) is 36.5 Å². The number of ether oxygens (including phenoxy) is 1. The third-order valence-electron chi connectivity index (χ3n) is 4.32. The topological polar surface area (TPSA) is 47.0 Å². The van der Waals surface area contributed by atoms with Crippen molar-refractivity contribution in [3.8, 4) is 5.75 Å². The number of rotatable bonds is 4. The Morgan fingerprint density at radius 3 is 2.96 bits per heavy atom. The van der Waals surface area contributed by atoms with Crippen LogP contribution in [-0.2, 0) is 19.4 Å². The zero-order valence-electron chi connectivity index (χ0n) is 13.3. The Labute approximate surface area is 139 Å². The first-order valence-corrected chi connectivity index (χ1v) is 8.72. The Bertz CT molecular complexity index is 872. The highest BCUT2D eigenvalue weighted by Gasteiger charge is 2.21. The van der Waals surface area contributed by atoms with Crippen molar-refractivity contribution in [2.75, 3.05) is 12.4 Å². The highest BCUT2D eigenvalue weighted by Crippen LogP contribution is 2.39. The van der Waals surface area contributed by atoms with E-state index < -0.39 is 0 Å². The lowest BCUT2D eigenvalue weighted by atomic mass is 10.1. The Morgan fingerprint density at radius 2 is 2.09 bits per heavy atom. The van der Waals surface area contributed by atoms with E-state index in [9.17, 15) is 0 Å². The predicted molar refractivity (Wildman–Crippen MR) is 94.5 cm³/mol. The van der Waals surface area contributed by atoms with E-state index in [-0.39, 0.29) is 0 Å². The molecule has 0 fully saturated rings. The van der Waals surface area contributed by atoms with Gasteiger partial charge in [-0.05, 0) is 37.8 Å².